The minimum Gasteiger partial charge on any atom is -0.433 e. The number of hydrogen-bond acceptors (Lipinski definition) is 3. The summed E-state index contributed by atoms with van der Waals surface area (Å²) in [4.78, 5) is 11.1. The van der Waals surface area contributed by atoms with E-state index in [1.165, 1.54) is 32.1 Å². The third kappa shape index (κ3) is 10.1. The number of ether oxygens (including phenoxy) is 1. The number of hydrogen-bond donors (Lipinski definition) is 1. The smallest absolute Gasteiger partial charge is 0.335 e. The van der Waals surface area contributed by atoms with Gasteiger partial charge in [-0.1, -0.05) is 52.0 Å². The van der Waals surface area contributed by atoms with E-state index in [0.717, 1.165) is 12.8 Å². The van der Waals surface area contributed by atoms with Gasteiger partial charge < -0.3 is 9.84 Å². The summed E-state index contributed by atoms with van der Waals surface area (Å²) in [6.45, 7) is 7.23. The second-order valence-electron chi connectivity index (χ2n) is 4.55. The van der Waals surface area contributed by atoms with E-state index in [1.807, 2.05) is 0 Å². The second kappa shape index (κ2) is 10.3. The van der Waals surface area contributed by atoms with Gasteiger partial charge in [-0.3, -0.25) is 0 Å². The largest absolute Gasteiger partial charge is 0.433 e. The van der Waals surface area contributed by atoms with Crippen LogP contribution in [0, 0.1) is 0 Å². The molecular formula is C14H26O3. The zero-order valence-electron chi connectivity index (χ0n) is 11.2. The van der Waals surface area contributed by atoms with Crippen LogP contribution in [0.1, 0.15) is 65.2 Å². The fraction of sp³-hybridized carbons (Fsp3) is 0.786. The average Bonchev–Trinajstić information content (AvgIpc) is 2.27. The summed E-state index contributed by atoms with van der Waals surface area (Å²) in [5.41, 5.74) is 0.323. The molecule has 0 heterocycles. The van der Waals surface area contributed by atoms with Crippen molar-refractivity contribution < 1.29 is 14.6 Å². The lowest BCUT2D eigenvalue weighted by Crippen LogP contribution is -2.17. The van der Waals surface area contributed by atoms with Gasteiger partial charge in [0, 0.05) is 12.0 Å². The highest BCUT2D eigenvalue weighted by atomic mass is 16.6. The van der Waals surface area contributed by atoms with Gasteiger partial charge in [-0.25, -0.2) is 4.79 Å². The molecular weight excluding hydrogens is 216 g/mol. The van der Waals surface area contributed by atoms with Gasteiger partial charge in [-0.2, -0.15) is 0 Å². The number of carbonyl (C=O) groups is 1. The Hall–Kier alpha value is -0.830. The molecule has 0 aromatic rings. The molecule has 1 unspecified atom stereocenters. The maximum Gasteiger partial charge on any atom is 0.335 e. The van der Waals surface area contributed by atoms with E-state index in [4.69, 9.17) is 4.74 Å². The molecule has 0 saturated carbocycles. The van der Waals surface area contributed by atoms with Crippen molar-refractivity contribution in [3.63, 3.8) is 0 Å². The standard InChI is InChI=1S/C14H26O3/c1-4-5-6-7-8-9-10-11-13(15)17-14(16)12(2)3/h13,15H,2,4-11H2,1,3H3. The molecule has 0 rings (SSSR count). The normalized spacial score (nSPS) is 12.2. The Balaban J connectivity index is 3.36. The molecule has 0 saturated heterocycles. The Morgan fingerprint density at radius 3 is 2.24 bits per heavy atom. The number of carbonyl (C=O) groups excluding carboxylic acids is 1. The number of aliphatic hydroxyl groups excluding tert-OH is 1. The molecule has 0 fully saturated rings. The third-order valence-corrected chi connectivity index (χ3v) is 2.65. The Bertz CT molecular complexity index is 224. The summed E-state index contributed by atoms with van der Waals surface area (Å²) in [7, 11) is 0. The lowest BCUT2D eigenvalue weighted by atomic mass is 10.1. The predicted octanol–water partition coefficient (Wildman–Crippen LogP) is 3.56. The number of esters is 1. The van der Waals surface area contributed by atoms with Gasteiger partial charge in [0.15, 0.2) is 0 Å². The lowest BCUT2D eigenvalue weighted by molar-refractivity contribution is -0.163. The summed E-state index contributed by atoms with van der Waals surface area (Å²) in [5.74, 6) is -0.513. The molecule has 0 aromatic heterocycles. The van der Waals surface area contributed by atoms with Crippen molar-refractivity contribution in [3.05, 3.63) is 12.2 Å². The zero-order valence-corrected chi connectivity index (χ0v) is 11.2. The van der Waals surface area contributed by atoms with Crippen LogP contribution < -0.4 is 0 Å². The summed E-state index contributed by atoms with van der Waals surface area (Å²) >= 11 is 0. The molecule has 3 heteroatoms. The highest BCUT2D eigenvalue weighted by Gasteiger charge is 2.10. The van der Waals surface area contributed by atoms with Crippen molar-refractivity contribution in [2.45, 2.75) is 71.5 Å². The van der Waals surface area contributed by atoms with Crippen molar-refractivity contribution in [1.29, 1.82) is 0 Å². The number of rotatable bonds is 10. The van der Waals surface area contributed by atoms with Crippen LogP contribution in [0.2, 0.25) is 0 Å². The predicted molar refractivity (Wildman–Crippen MR) is 69.5 cm³/mol. The molecule has 100 valence electrons. The van der Waals surface area contributed by atoms with Crippen LogP contribution >= 0.6 is 0 Å². The van der Waals surface area contributed by atoms with Crippen LogP contribution in [-0.2, 0) is 9.53 Å². The molecule has 0 spiro atoms. The van der Waals surface area contributed by atoms with E-state index in [2.05, 4.69) is 13.5 Å². The Kier molecular flexibility index (Phi) is 9.83. The fourth-order valence-electron chi connectivity index (χ4n) is 1.56. The van der Waals surface area contributed by atoms with E-state index < -0.39 is 12.3 Å². The fourth-order valence-corrected chi connectivity index (χ4v) is 1.56. The van der Waals surface area contributed by atoms with E-state index in [1.54, 1.807) is 6.92 Å². The first-order chi connectivity index (χ1) is 8.07. The molecule has 0 aliphatic heterocycles. The highest BCUT2D eigenvalue weighted by Crippen LogP contribution is 2.10. The van der Waals surface area contributed by atoms with Crippen LogP contribution in [0.25, 0.3) is 0 Å². The van der Waals surface area contributed by atoms with E-state index in [0.29, 0.717) is 12.0 Å². The number of unbranched alkanes of at least 4 members (excludes halogenated alkanes) is 6. The SMILES string of the molecule is C=C(C)C(=O)OC(O)CCCCCCCCC. The summed E-state index contributed by atoms with van der Waals surface area (Å²) in [5, 5.41) is 9.43. The van der Waals surface area contributed by atoms with E-state index in [-0.39, 0.29) is 0 Å². The molecule has 0 radical (unpaired) electrons. The first-order valence-corrected chi connectivity index (χ1v) is 6.62. The van der Waals surface area contributed by atoms with Gasteiger partial charge in [0.25, 0.3) is 0 Å². The monoisotopic (exact) mass is 242 g/mol. The van der Waals surface area contributed by atoms with Gasteiger partial charge in [-0.05, 0) is 13.3 Å². The summed E-state index contributed by atoms with van der Waals surface area (Å²) in [6, 6.07) is 0. The minimum absolute atomic E-state index is 0.323. The Labute approximate surface area is 105 Å². The van der Waals surface area contributed by atoms with Crippen molar-refractivity contribution in [3.8, 4) is 0 Å². The van der Waals surface area contributed by atoms with Crippen molar-refractivity contribution in [2.24, 2.45) is 0 Å². The first-order valence-electron chi connectivity index (χ1n) is 6.62. The molecule has 0 aliphatic carbocycles. The van der Waals surface area contributed by atoms with Gasteiger partial charge in [-0.15, -0.1) is 0 Å². The topological polar surface area (TPSA) is 46.5 Å². The molecule has 17 heavy (non-hydrogen) atoms. The van der Waals surface area contributed by atoms with Crippen LogP contribution in [0.4, 0.5) is 0 Å². The van der Waals surface area contributed by atoms with E-state index in [9.17, 15) is 9.90 Å². The van der Waals surface area contributed by atoms with Gasteiger partial charge in [0.2, 0.25) is 6.29 Å². The van der Waals surface area contributed by atoms with Crippen molar-refractivity contribution >= 4 is 5.97 Å². The summed E-state index contributed by atoms with van der Waals surface area (Å²) in [6.07, 6.45) is 7.85. The van der Waals surface area contributed by atoms with E-state index >= 15 is 0 Å². The van der Waals surface area contributed by atoms with Crippen LogP contribution in [0.5, 0.6) is 0 Å². The zero-order chi connectivity index (χ0) is 13.1. The third-order valence-electron chi connectivity index (χ3n) is 2.65. The molecule has 3 nitrogen and oxygen atoms in total. The minimum atomic E-state index is -0.977. The molecule has 0 aliphatic rings. The maximum atomic E-state index is 11.1. The van der Waals surface area contributed by atoms with Crippen LogP contribution in [-0.4, -0.2) is 17.4 Å². The highest BCUT2D eigenvalue weighted by molar-refractivity contribution is 5.86. The number of aliphatic hydroxyl groups is 1. The van der Waals surface area contributed by atoms with Gasteiger partial charge in [0.1, 0.15) is 0 Å². The van der Waals surface area contributed by atoms with Crippen LogP contribution in [0.15, 0.2) is 12.2 Å². The molecule has 1 atom stereocenters. The molecule has 0 aromatic carbocycles. The lowest BCUT2D eigenvalue weighted by Gasteiger charge is -2.11. The maximum absolute atomic E-state index is 11.1. The first kappa shape index (κ1) is 16.2. The Morgan fingerprint density at radius 1 is 1.18 bits per heavy atom. The molecule has 0 amide bonds. The average molecular weight is 242 g/mol. The van der Waals surface area contributed by atoms with Crippen molar-refractivity contribution in [1.82, 2.24) is 0 Å². The summed E-state index contributed by atoms with van der Waals surface area (Å²) < 4.78 is 4.77. The molecule has 0 bridgehead atoms. The van der Waals surface area contributed by atoms with Crippen molar-refractivity contribution in [2.75, 3.05) is 0 Å². The second-order valence-corrected chi connectivity index (χ2v) is 4.55. The van der Waals surface area contributed by atoms with Gasteiger partial charge in [0.05, 0.1) is 0 Å². The quantitative estimate of drug-likeness (QED) is 0.276. The molecule has 1 N–H and O–H groups in total. The van der Waals surface area contributed by atoms with Gasteiger partial charge >= 0.3 is 5.97 Å². The van der Waals surface area contributed by atoms with Crippen LogP contribution in [0.3, 0.4) is 0 Å². The Morgan fingerprint density at radius 2 is 1.71 bits per heavy atom.